The maximum Gasteiger partial charge on any atom is 0.308 e. The number of hydrogen-bond donors (Lipinski definition) is 1. The molecule has 0 aromatic heterocycles. The SMILES string of the molecule is CCCC(C)COC(=O)C1CCC(N)CC1. The van der Waals surface area contributed by atoms with Crippen molar-refractivity contribution in [1.82, 2.24) is 0 Å². The number of ether oxygens (including phenoxy) is 1. The molecule has 1 saturated carbocycles. The van der Waals surface area contributed by atoms with Crippen LogP contribution in [0.3, 0.4) is 0 Å². The van der Waals surface area contributed by atoms with Gasteiger partial charge in [0.1, 0.15) is 0 Å². The van der Waals surface area contributed by atoms with E-state index in [0.717, 1.165) is 38.5 Å². The third-order valence-electron chi connectivity index (χ3n) is 3.40. The molecule has 1 unspecified atom stereocenters. The predicted molar refractivity (Wildman–Crippen MR) is 65.0 cm³/mol. The van der Waals surface area contributed by atoms with E-state index in [2.05, 4.69) is 13.8 Å². The van der Waals surface area contributed by atoms with Crippen LogP contribution in [0.25, 0.3) is 0 Å². The summed E-state index contributed by atoms with van der Waals surface area (Å²) in [7, 11) is 0. The Hall–Kier alpha value is -0.570. The molecule has 1 atom stereocenters. The summed E-state index contributed by atoms with van der Waals surface area (Å²) in [6.07, 6.45) is 6.01. The van der Waals surface area contributed by atoms with E-state index >= 15 is 0 Å². The normalized spacial score (nSPS) is 27.4. The van der Waals surface area contributed by atoms with Gasteiger partial charge in [-0.15, -0.1) is 0 Å². The van der Waals surface area contributed by atoms with Crippen molar-refractivity contribution in [2.45, 2.75) is 58.4 Å². The van der Waals surface area contributed by atoms with E-state index < -0.39 is 0 Å². The van der Waals surface area contributed by atoms with Gasteiger partial charge in [-0.1, -0.05) is 20.3 Å². The van der Waals surface area contributed by atoms with Gasteiger partial charge in [0.2, 0.25) is 0 Å². The first-order valence-electron chi connectivity index (χ1n) is 6.55. The van der Waals surface area contributed by atoms with Crippen molar-refractivity contribution >= 4 is 5.97 Å². The first-order chi connectivity index (χ1) is 7.63. The minimum atomic E-state index is -0.00477. The lowest BCUT2D eigenvalue weighted by Crippen LogP contribution is -2.31. The summed E-state index contributed by atoms with van der Waals surface area (Å²) in [4.78, 5) is 11.8. The molecule has 3 nitrogen and oxygen atoms in total. The monoisotopic (exact) mass is 227 g/mol. The Morgan fingerprint density at radius 3 is 2.56 bits per heavy atom. The van der Waals surface area contributed by atoms with Gasteiger partial charge in [0.05, 0.1) is 12.5 Å². The van der Waals surface area contributed by atoms with Gasteiger partial charge in [-0.2, -0.15) is 0 Å². The molecule has 0 bridgehead atoms. The molecule has 2 N–H and O–H groups in total. The molecule has 1 aliphatic carbocycles. The molecule has 0 heterocycles. The number of rotatable bonds is 5. The number of esters is 1. The van der Waals surface area contributed by atoms with Gasteiger partial charge in [-0.05, 0) is 38.0 Å². The smallest absolute Gasteiger partial charge is 0.308 e. The fourth-order valence-corrected chi connectivity index (χ4v) is 2.27. The third-order valence-corrected chi connectivity index (χ3v) is 3.40. The average Bonchev–Trinajstić information content (AvgIpc) is 2.27. The first kappa shape index (κ1) is 13.5. The van der Waals surface area contributed by atoms with Gasteiger partial charge in [-0.3, -0.25) is 4.79 Å². The summed E-state index contributed by atoms with van der Waals surface area (Å²) < 4.78 is 5.35. The number of carbonyl (C=O) groups is 1. The van der Waals surface area contributed by atoms with Crippen molar-refractivity contribution in [3.8, 4) is 0 Å². The summed E-state index contributed by atoms with van der Waals surface area (Å²) in [5.74, 6) is 0.586. The van der Waals surface area contributed by atoms with Gasteiger partial charge in [0.25, 0.3) is 0 Å². The van der Waals surface area contributed by atoms with Crippen molar-refractivity contribution in [3.05, 3.63) is 0 Å². The van der Waals surface area contributed by atoms with Crippen LogP contribution >= 0.6 is 0 Å². The van der Waals surface area contributed by atoms with Crippen molar-refractivity contribution in [1.29, 1.82) is 0 Å². The predicted octanol–water partition coefficient (Wildman–Crippen LogP) is 2.48. The molecule has 0 radical (unpaired) electrons. The fraction of sp³-hybridized carbons (Fsp3) is 0.923. The molecule has 0 aromatic rings. The van der Waals surface area contributed by atoms with Crippen LogP contribution in [0.4, 0.5) is 0 Å². The molecule has 1 fully saturated rings. The van der Waals surface area contributed by atoms with Gasteiger partial charge in [0, 0.05) is 6.04 Å². The van der Waals surface area contributed by atoms with Gasteiger partial charge < -0.3 is 10.5 Å². The quantitative estimate of drug-likeness (QED) is 0.734. The molecule has 0 amide bonds. The van der Waals surface area contributed by atoms with Crippen LogP contribution < -0.4 is 5.73 Å². The molecule has 0 aromatic carbocycles. The summed E-state index contributed by atoms with van der Waals surface area (Å²) in [5, 5.41) is 0. The van der Waals surface area contributed by atoms with E-state index in [1.807, 2.05) is 0 Å². The van der Waals surface area contributed by atoms with Crippen molar-refractivity contribution in [2.75, 3.05) is 6.61 Å². The highest BCUT2D eigenvalue weighted by Gasteiger charge is 2.25. The molecule has 3 heteroatoms. The highest BCUT2D eigenvalue weighted by Crippen LogP contribution is 2.24. The van der Waals surface area contributed by atoms with Crippen LogP contribution in [-0.4, -0.2) is 18.6 Å². The second-order valence-corrected chi connectivity index (χ2v) is 5.14. The Balaban J connectivity index is 2.19. The molecule has 16 heavy (non-hydrogen) atoms. The lowest BCUT2D eigenvalue weighted by Gasteiger charge is -2.25. The second kappa shape index (κ2) is 6.89. The van der Waals surface area contributed by atoms with Crippen LogP contribution in [0, 0.1) is 11.8 Å². The van der Waals surface area contributed by atoms with Crippen LogP contribution in [0.5, 0.6) is 0 Å². The van der Waals surface area contributed by atoms with Crippen LogP contribution in [-0.2, 0) is 9.53 Å². The number of nitrogens with two attached hydrogens (primary N) is 1. The zero-order valence-electron chi connectivity index (χ0n) is 10.6. The molecule has 0 spiro atoms. The van der Waals surface area contributed by atoms with E-state index in [-0.39, 0.29) is 11.9 Å². The van der Waals surface area contributed by atoms with E-state index in [0.29, 0.717) is 18.6 Å². The minimum absolute atomic E-state index is 0.00477. The third kappa shape index (κ3) is 4.52. The van der Waals surface area contributed by atoms with Crippen molar-refractivity contribution < 1.29 is 9.53 Å². The zero-order valence-corrected chi connectivity index (χ0v) is 10.6. The van der Waals surface area contributed by atoms with E-state index in [1.165, 1.54) is 0 Å². The average molecular weight is 227 g/mol. The highest BCUT2D eigenvalue weighted by atomic mass is 16.5. The van der Waals surface area contributed by atoms with E-state index in [4.69, 9.17) is 10.5 Å². The molecular formula is C13H25NO2. The fourth-order valence-electron chi connectivity index (χ4n) is 2.27. The summed E-state index contributed by atoms with van der Waals surface area (Å²) in [5.41, 5.74) is 5.81. The van der Waals surface area contributed by atoms with Crippen LogP contribution in [0.2, 0.25) is 0 Å². The molecular weight excluding hydrogens is 202 g/mol. The molecule has 94 valence electrons. The minimum Gasteiger partial charge on any atom is -0.465 e. The van der Waals surface area contributed by atoms with Crippen molar-refractivity contribution in [2.24, 2.45) is 17.6 Å². The van der Waals surface area contributed by atoms with Crippen LogP contribution in [0.15, 0.2) is 0 Å². The number of hydrogen-bond acceptors (Lipinski definition) is 3. The van der Waals surface area contributed by atoms with Gasteiger partial charge >= 0.3 is 5.97 Å². The van der Waals surface area contributed by atoms with E-state index in [9.17, 15) is 4.79 Å². The second-order valence-electron chi connectivity index (χ2n) is 5.14. The summed E-state index contributed by atoms with van der Waals surface area (Å²) >= 11 is 0. The summed E-state index contributed by atoms with van der Waals surface area (Å²) in [6, 6.07) is 0.295. The van der Waals surface area contributed by atoms with Crippen LogP contribution in [0.1, 0.15) is 52.4 Å². The maximum absolute atomic E-state index is 11.8. The Bertz CT molecular complexity index is 210. The first-order valence-corrected chi connectivity index (χ1v) is 6.55. The molecule has 1 aliphatic rings. The largest absolute Gasteiger partial charge is 0.465 e. The zero-order chi connectivity index (χ0) is 12.0. The topological polar surface area (TPSA) is 52.3 Å². The lowest BCUT2D eigenvalue weighted by molar-refractivity contribution is -0.151. The Labute approximate surface area is 98.7 Å². The summed E-state index contributed by atoms with van der Waals surface area (Å²) in [6.45, 7) is 4.86. The Morgan fingerprint density at radius 2 is 2.00 bits per heavy atom. The molecule has 0 saturated heterocycles. The van der Waals surface area contributed by atoms with E-state index in [1.54, 1.807) is 0 Å². The van der Waals surface area contributed by atoms with Gasteiger partial charge in [-0.25, -0.2) is 0 Å². The Morgan fingerprint density at radius 1 is 1.38 bits per heavy atom. The lowest BCUT2D eigenvalue weighted by atomic mass is 9.86. The molecule has 0 aliphatic heterocycles. The maximum atomic E-state index is 11.8. The highest BCUT2D eigenvalue weighted by molar-refractivity contribution is 5.72. The molecule has 1 rings (SSSR count). The van der Waals surface area contributed by atoms with Crippen molar-refractivity contribution in [3.63, 3.8) is 0 Å². The van der Waals surface area contributed by atoms with Gasteiger partial charge in [0.15, 0.2) is 0 Å². The number of carbonyl (C=O) groups excluding carboxylic acids is 1. The standard InChI is InChI=1S/C13H25NO2/c1-3-4-10(2)9-16-13(15)11-5-7-12(14)8-6-11/h10-12H,3-9,14H2,1-2H3. The Kier molecular flexibility index (Phi) is 5.81.